The third kappa shape index (κ3) is 41.3. The Morgan fingerprint density at radius 3 is 1.66 bits per heavy atom. The van der Waals surface area contributed by atoms with Crippen LogP contribution >= 0.6 is 7.82 Å². The Bertz CT molecular complexity index is 989. The fourth-order valence-corrected chi connectivity index (χ4v) is 6.33. The molecule has 0 heterocycles. The summed E-state index contributed by atoms with van der Waals surface area (Å²) < 4.78 is 34.3. The average Bonchev–Trinajstić information content (AvgIpc) is 3.11. The maximum absolute atomic E-state index is 12.5. The van der Waals surface area contributed by atoms with Crippen molar-refractivity contribution in [2.24, 2.45) is 0 Å². The lowest BCUT2D eigenvalue weighted by atomic mass is 10.0. The van der Waals surface area contributed by atoms with Gasteiger partial charge in [-0.3, -0.25) is 9.36 Å². The van der Waals surface area contributed by atoms with Crippen molar-refractivity contribution in [1.82, 2.24) is 0 Å². The molecule has 0 radical (unpaired) electrons. The number of rotatable bonds is 39. The number of unbranched alkanes of at least 4 members (excludes halogenated alkanes) is 19. The molecule has 310 valence electrons. The van der Waals surface area contributed by atoms with Crippen LogP contribution in [0.4, 0.5) is 0 Å². The van der Waals surface area contributed by atoms with Crippen LogP contribution in [-0.2, 0) is 27.9 Å². The van der Waals surface area contributed by atoms with Gasteiger partial charge in [0.05, 0.1) is 34.0 Å². The summed E-state index contributed by atoms with van der Waals surface area (Å²) >= 11 is 0. The number of phosphoric acid groups is 1. The largest absolute Gasteiger partial charge is 0.756 e. The van der Waals surface area contributed by atoms with E-state index in [0.29, 0.717) is 17.4 Å². The first-order valence-corrected chi connectivity index (χ1v) is 22.9. The number of allylic oxidation sites excluding steroid dienone is 7. The number of hydrogen-bond donors (Lipinski definition) is 0. The summed E-state index contributed by atoms with van der Waals surface area (Å²) in [6, 6.07) is 0. The van der Waals surface area contributed by atoms with Gasteiger partial charge in [-0.1, -0.05) is 153 Å². The second-order valence-electron chi connectivity index (χ2n) is 15.4. The van der Waals surface area contributed by atoms with E-state index in [-0.39, 0.29) is 25.8 Å². The van der Waals surface area contributed by atoms with Crippen molar-refractivity contribution in [2.45, 2.75) is 180 Å². The van der Waals surface area contributed by atoms with E-state index >= 15 is 0 Å². The van der Waals surface area contributed by atoms with Gasteiger partial charge in [-0.15, -0.1) is 0 Å². The van der Waals surface area contributed by atoms with Crippen LogP contribution in [0.15, 0.2) is 48.8 Å². The van der Waals surface area contributed by atoms with Gasteiger partial charge < -0.3 is 27.9 Å². The lowest BCUT2D eigenvalue weighted by molar-refractivity contribution is -0.870. The van der Waals surface area contributed by atoms with Crippen molar-refractivity contribution < 1.29 is 37.3 Å². The van der Waals surface area contributed by atoms with Gasteiger partial charge in [-0.2, -0.15) is 0 Å². The molecule has 0 aliphatic rings. The number of nitrogens with zero attached hydrogens (tertiary/aromatic N) is 1. The standard InChI is InChI=1S/C44H82NO7P/c1-6-8-10-12-14-16-18-20-22-24-26-28-30-32-34-36-39-49-43(42-52-53(47,48)51-40-38-45(3,4)5)41-50-44(46)37-35-33-31-29-27-25-23-21-19-17-15-13-11-9-7-2/h9,11,15,17,21,23,36,39,43H,6-8,10,12-14,16,18-20,22,24-35,37-38,40-42H2,1-5H3/b11-9-,17-15-,23-21-,39-36-. The lowest BCUT2D eigenvalue weighted by Crippen LogP contribution is -2.37. The highest BCUT2D eigenvalue weighted by molar-refractivity contribution is 7.45. The van der Waals surface area contributed by atoms with Gasteiger partial charge in [0.2, 0.25) is 0 Å². The summed E-state index contributed by atoms with van der Waals surface area (Å²) in [5.74, 6) is -0.310. The second kappa shape index (κ2) is 37.2. The number of carbonyl (C=O) groups is 1. The highest BCUT2D eigenvalue weighted by atomic mass is 31.2. The van der Waals surface area contributed by atoms with E-state index in [9.17, 15) is 14.3 Å². The molecule has 0 spiro atoms. The number of hydrogen-bond acceptors (Lipinski definition) is 7. The zero-order valence-electron chi connectivity index (χ0n) is 35.0. The molecule has 0 aliphatic carbocycles. The maximum Gasteiger partial charge on any atom is 0.305 e. The first kappa shape index (κ1) is 51.3. The van der Waals surface area contributed by atoms with Gasteiger partial charge in [-0.25, -0.2) is 0 Å². The summed E-state index contributed by atoms with van der Waals surface area (Å²) in [5, 5.41) is 0. The van der Waals surface area contributed by atoms with Crippen LogP contribution in [0.3, 0.4) is 0 Å². The summed E-state index contributed by atoms with van der Waals surface area (Å²) in [7, 11) is 1.35. The third-order valence-electron chi connectivity index (χ3n) is 8.98. The first-order valence-electron chi connectivity index (χ1n) is 21.4. The summed E-state index contributed by atoms with van der Waals surface area (Å²) in [6.07, 6.45) is 45.1. The van der Waals surface area contributed by atoms with E-state index < -0.39 is 13.9 Å². The summed E-state index contributed by atoms with van der Waals surface area (Å²) in [5.41, 5.74) is 0. The molecule has 0 saturated carbocycles. The number of ether oxygens (including phenoxy) is 2. The Labute approximate surface area is 327 Å². The van der Waals surface area contributed by atoms with Gasteiger partial charge in [0.25, 0.3) is 7.82 Å². The minimum absolute atomic E-state index is 0.0234. The van der Waals surface area contributed by atoms with Gasteiger partial charge in [-0.05, 0) is 57.4 Å². The monoisotopic (exact) mass is 768 g/mol. The molecule has 0 N–H and O–H groups in total. The van der Waals surface area contributed by atoms with E-state index in [2.05, 4.69) is 50.3 Å². The van der Waals surface area contributed by atoms with Crippen LogP contribution in [0.5, 0.6) is 0 Å². The van der Waals surface area contributed by atoms with E-state index in [1.165, 1.54) is 83.5 Å². The quantitative estimate of drug-likeness (QED) is 0.0153. The molecule has 2 atom stereocenters. The average molecular weight is 768 g/mol. The van der Waals surface area contributed by atoms with Crippen molar-refractivity contribution in [2.75, 3.05) is 47.5 Å². The highest BCUT2D eigenvalue weighted by Gasteiger charge is 2.19. The van der Waals surface area contributed by atoms with Crippen LogP contribution in [0.1, 0.15) is 174 Å². The Morgan fingerprint density at radius 1 is 0.623 bits per heavy atom. The molecule has 0 aromatic rings. The van der Waals surface area contributed by atoms with Crippen LogP contribution in [0, 0.1) is 0 Å². The maximum atomic E-state index is 12.5. The number of quaternary nitrogens is 1. The fourth-order valence-electron chi connectivity index (χ4n) is 5.60. The van der Waals surface area contributed by atoms with E-state index in [4.69, 9.17) is 18.5 Å². The zero-order chi connectivity index (χ0) is 39.1. The molecule has 0 bridgehead atoms. The molecule has 8 nitrogen and oxygen atoms in total. The normalized spacial score (nSPS) is 14.2. The molecular formula is C44H82NO7P. The van der Waals surface area contributed by atoms with Crippen molar-refractivity contribution in [3.8, 4) is 0 Å². The zero-order valence-corrected chi connectivity index (χ0v) is 35.8. The molecule has 9 heteroatoms. The molecule has 0 saturated heterocycles. The molecule has 0 fully saturated rings. The van der Waals surface area contributed by atoms with Gasteiger partial charge in [0.1, 0.15) is 19.8 Å². The molecular weight excluding hydrogens is 685 g/mol. The fraction of sp³-hybridized carbons (Fsp3) is 0.795. The Morgan fingerprint density at radius 2 is 1.11 bits per heavy atom. The van der Waals surface area contributed by atoms with Crippen LogP contribution in [0.2, 0.25) is 0 Å². The van der Waals surface area contributed by atoms with Crippen molar-refractivity contribution in [3.63, 3.8) is 0 Å². The predicted octanol–water partition coefficient (Wildman–Crippen LogP) is 12.1. The molecule has 2 unspecified atom stereocenters. The molecule has 0 amide bonds. The first-order chi connectivity index (χ1) is 25.6. The molecule has 53 heavy (non-hydrogen) atoms. The van der Waals surface area contributed by atoms with Crippen LogP contribution < -0.4 is 4.89 Å². The third-order valence-corrected chi connectivity index (χ3v) is 9.95. The number of likely N-dealkylation sites (N-methyl/N-ethyl adjacent to an activating group) is 1. The van der Waals surface area contributed by atoms with Crippen molar-refractivity contribution >= 4 is 13.8 Å². The van der Waals surface area contributed by atoms with E-state index in [1.54, 1.807) is 6.26 Å². The molecule has 0 aromatic heterocycles. The van der Waals surface area contributed by atoms with Crippen LogP contribution in [-0.4, -0.2) is 64.1 Å². The Balaban J connectivity index is 4.32. The SMILES string of the molecule is CC/C=C\C/C=C\C/C=C\CCCCCCCC(=O)OCC(COP(=O)([O-])OCC[N+](C)(C)C)O/C=C\CCCCCCCCCCCCCCCC. The molecule has 0 aliphatic heterocycles. The number of esters is 1. The lowest BCUT2D eigenvalue weighted by Gasteiger charge is -2.28. The van der Waals surface area contributed by atoms with Gasteiger partial charge in [0.15, 0.2) is 6.10 Å². The topological polar surface area (TPSA) is 94.1 Å². The summed E-state index contributed by atoms with van der Waals surface area (Å²) in [4.78, 5) is 24.8. The van der Waals surface area contributed by atoms with E-state index in [0.717, 1.165) is 70.6 Å². The Hall–Kier alpha value is -1.70. The van der Waals surface area contributed by atoms with Crippen LogP contribution in [0.25, 0.3) is 0 Å². The minimum atomic E-state index is -4.52. The van der Waals surface area contributed by atoms with Gasteiger partial charge in [0, 0.05) is 6.42 Å². The summed E-state index contributed by atoms with van der Waals surface area (Å²) in [6.45, 7) is 4.58. The van der Waals surface area contributed by atoms with E-state index in [1.807, 2.05) is 27.2 Å². The molecule has 0 rings (SSSR count). The van der Waals surface area contributed by atoms with Crippen molar-refractivity contribution in [1.29, 1.82) is 0 Å². The number of phosphoric ester groups is 1. The predicted molar refractivity (Wildman–Crippen MR) is 222 cm³/mol. The second-order valence-corrected chi connectivity index (χ2v) is 16.8. The smallest absolute Gasteiger partial charge is 0.305 e. The Kier molecular flexibility index (Phi) is 36.0. The van der Waals surface area contributed by atoms with Gasteiger partial charge >= 0.3 is 5.97 Å². The molecule has 0 aromatic carbocycles. The van der Waals surface area contributed by atoms with Crippen molar-refractivity contribution in [3.05, 3.63) is 48.8 Å². The highest BCUT2D eigenvalue weighted by Crippen LogP contribution is 2.38. The number of carbonyl (C=O) groups excluding carboxylic acids is 1. The minimum Gasteiger partial charge on any atom is -0.756 e.